The van der Waals surface area contributed by atoms with E-state index in [4.69, 9.17) is 9.47 Å². The maximum absolute atomic E-state index is 5.74. The number of hydrogen-bond donors (Lipinski definition) is 1. The highest BCUT2D eigenvalue weighted by atomic mass is 16.5. The van der Waals surface area contributed by atoms with Gasteiger partial charge < -0.3 is 14.8 Å². The monoisotopic (exact) mass is 277 g/mol. The van der Waals surface area contributed by atoms with E-state index >= 15 is 0 Å². The molecule has 1 aliphatic carbocycles. The van der Waals surface area contributed by atoms with Crippen LogP contribution < -0.4 is 10.1 Å². The van der Waals surface area contributed by atoms with Crippen molar-refractivity contribution in [2.75, 3.05) is 33.4 Å². The number of methoxy groups -OCH3 is 1. The number of rotatable bonds is 9. The summed E-state index contributed by atoms with van der Waals surface area (Å²) in [7, 11) is 1.74. The highest BCUT2D eigenvalue weighted by Crippen LogP contribution is 2.47. The average Bonchev–Trinajstić information content (AvgIpc) is 3.23. The maximum Gasteiger partial charge on any atom is 0.119 e. The van der Waals surface area contributed by atoms with E-state index < -0.39 is 0 Å². The van der Waals surface area contributed by atoms with Crippen LogP contribution in [0.4, 0.5) is 0 Å². The molecule has 1 aliphatic rings. The van der Waals surface area contributed by atoms with Crippen LogP contribution in [0.1, 0.15) is 32.3 Å². The van der Waals surface area contributed by atoms with Gasteiger partial charge in [-0.05, 0) is 36.5 Å². The number of hydrogen-bond acceptors (Lipinski definition) is 3. The molecule has 3 nitrogen and oxygen atoms in total. The van der Waals surface area contributed by atoms with Crippen molar-refractivity contribution in [2.24, 2.45) is 5.92 Å². The van der Waals surface area contributed by atoms with Gasteiger partial charge in [-0.2, -0.15) is 0 Å². The molecule has 0 aromatic heterocycles. The van der Waals surface area contributed by atoms with Crippen LogP contribution in [0.5, 0.6) is 5.75 Å². The SMILES string of the molecule is COCCNCC1(c2ccc(OCC(C)C)cc2)CC1. The van der Waals surface area contributed by atoms with Gasteiger partial charge in [-0.25, -0.2) is 0 Å². The van der Waals surface area contributed by atoms with Gasteiger partial charge in [-0.3, -0.25) is 0 Å². The van der Waals surface area contributed by atoms with Crippen LogP contribution in [0.2, 0.25) is 0 Å². The summed E-state index contributed by atoms with van der Waals surface area (Å²) in [5.41, 5.74) is 1.78. The molecule has 0 spiro atoms. The summed E-state index contributed by atoms with van der Waals surface area (Å²) >= 11 is 0. The molecule has 0 heterocycles. The molecule has 0 aliphatic heterocycles. The van der Waals surface area contributed by atoms with E-state index in [2.05, 4.69) is 43.4 Å². The number of nitrogens with one attached hydrogen (secondary N) is 1. The van der Waals surface area contributed by atoms with E-state index in [1.807, 2.05) is 0 Å². The fourth-order valence-electron chi connectivity index (χ4n) is 2.39. The van der Waals surface area contributed by atoms with Crippen molar-refractivity contribution >= 4 is 0 Å². The Hall–Kier alpha value is -1.06. The van der Waals surface area contributed by atoms with Crippen molar-refractivity contribution in [3.05, 3.63) is 29.8 Å². The fourth-order valence-corrected chi connectivity index (χ4v) is 2.39. The summed E-state index contributed by atoms with van der Waals surface area (Å²) in [4.78, 5) is 0. The molecular formula is C17H27NO2. The summed E-state index contributed by atoms with van der Waals surface area (Å²) < 4.78 is 10.8. The fraction of sp³-hybridized carbons (Fsp3) is 0.647. The normalized spacial score (nSPS) is 16.4. The summed E-state index contributed by atoms with van der Waals surface area (Å²) in [5.74, 6) is 1.54. The van der Waals surface area contributed by atoms with E-state index in [9.17, 15) is 0 Å². The highest BCUT2D eigenvalue weighted by Gasteiger charge is 2.43. The van der Waals surface area contributed by atoms with Crippen molar-refractivity contribution in [1.82, 2.24) is 5.32 Å². The van der Waals surface area contributed by atoms with E-state index in [0.717, 1.165) is 32.1 Å². The van der Waals surface area contributed by atoms with Gasteiger partial charge >= 0.3 is 0 Å². The van der Waals surface area contributed by atoms with Gasteiger partial charge in [0.25, 0.3) is 0 Å². The lowest BCUT2D eigenvalue weighted by Crippen LogP contribution is -2.29. The third-order valence-electron chi connectivity index (χ3n) is 3.85. The molecule has 1 fully saturated rings. The predicted octanol–water partition coefficient (Wildman–Crippen LogP) is 2.99. The standard InChI is InChI=1S/C17H27NO2/c1-14(2)12-20-16-6-4-15(5-7-16)17(8-9-17)13-18-10-11-19-3/h4-7,14,18H,8-13H2,1-3H3. The molecule has 0 saturated heterocycles. The zero-order chi connectivity index (χ0) is 14.4. The second kappa shape index (κ2) is 7.09. The highest BCUT2D eigenvalue weighted by molar-refractivity contribution is 5.36. The molecule has 2 rings (SSSR count). The summed E-state index contributed by atoms with van der Waals surface area (Å²) in [6, 6.07) is 8.65. The minimum Gasteiger partial charge on any atom is -0.493 e. The Morgan fingerprint density at radius 2 is 1.90 bits per heavy atom. The smallest absolute Gasteiger partial charge is 0.119 e. The summed E-state index contributed by atoms with van der Waals surface area (Å²) in [6.07, 6.45) is 2.55. The lowest BCUT2D eigenvalue weighted by molar-refractivity contribution is 0.198. The number of benzene rings is 1. The minimum absolute atomic E-state index is 0.352. The molecule has 1 N–H and O–H groups in total. The van der Waals surface area contributed by atoms with Crippen molar-refractivity contribution in [2.45, 2.75) is 32.1 Å². The molecule has 112 valence electrons. The van der Waals surface area contributed by atoms with Crippen LogP contribution in [0, 0.1) is 5.92 Å². The lowest BCUT2D eigenvalue weighted by Gasteiger charge is -2.17. The van der Waals surface area contributed by atoms with Gasteiger partial charge in [-0.1, -0.05) is 26.0 Å². The summed E-state index contributed by atoms with van der Waals surface area (Å²) in [6.45, 7) is 7.86. The van der Waals surface area contributed by atoms with Crippen LogP contribution in [0.25, 0.3) is 0 Å². The average molecular weight is 277 g/mol. The molecule has 1 saturated carbocycles. The van der Waals surface area contributed by atoms with E-state index in [0.29, 0.717) is 11.3 Å². The number of ether oxygens (including phenoxy) is 2. The topological polar surface area (TPSA) is 30.5 Å². The van der Waals surface area contributed by atoms with Crippen molar-refractivity contribution in [1.29, 1.82) is 0 Å². The molecule has 1 aromatic carbocycles. The molecular weight excluding hydrogens is 250 g/mol. The quantitative estimate of drug-likeness (QED) is 0.704. The van der Waals surface area contributed by atoms with Crippen LogP contribution in [0.15, 0.2) is 24.3 Å². The molecule has 0 amide bonds. The Balaban J connectivity index is 1.85. The van der Waals surface area contributed by atoms with Crippen LogP contribution in [-0.4, -0.2) is 33.4 Å². The second-order valence-corrected chi connectivity index (χ2v) is 6.18. The molecule has 0 radical (unpaired) electrons. The Labute approximate surface area is 122 Å². The first-order valence-corrected chi connectivity index (χ1v) is 7.59. The molecule has 0 bridgehead atoms. The zero-order valence-electron chi connectivity index (χ0n) is 12.9. The largest absolute Gasteiger partial charge is 0.493 e. The van der Waals surface area contributed by atoms with Crippen molar-refractivity contribution in [3.63, 3.8) is 0 Å². The minimum atomic E-state index is 0.352. The lowest BCUT2D eigenvalue weighted by atomic mass is 9.96. The second-order valence-electron chi connectivity index (χ2n) is 6.18. The van der Waals surface area contributed by atoms with E-state index in [1.54, 1.807) is 7.11 Å². The molecule has 0 unspecified atom stereocenters. The molecule has 20 heavy (non-hydrogen) atoms. The van der Waals surface area contributed by atoms with Gasteiger partial charge in [0, 0.05) is 25.6 Å². The van der Waals surface area contributed by atoms with Gasteiger partial charge in [0.15, 0.2) is 0 Å². The Bertz CT molecular complexity index is 396. The first-order chi connectivity index (χ1) is 9.66. The zero-order valence-corrected chi connectivity index (χ0v) is 12.9. The summed E-state index contributed by atoms with van der Waals surface area (Å²) in [5, 5.41) is 3.49. The maximum atomic E-state index is 5.74. The van der Waals surface area contributed by atoms with Gasteiger partial charge in [0.05, 0.1) is 13.2 Å². The first kappa shape index (κ1) is 15.3. The van der Waals surface area contributed by atoms with Crippen LogP contribution >= 0.6 is 0 Å². The third-order valence-corrected chi connectivity index (χ3v) is 3.85. The molecule has 3 heteroatoms. The van der Waals surface area contributed by atoms with E-state index in [-0.39, 0.29) is 0 Å². The predicted molar refractivity (Wildman–Crippen MR) is 82.4 cm³/mol. The molecule has 0 atom stereocenters. The molecule has 1 aromatic rings. The Kier molecular flexibility index (Phi) is 5.44. The van der Waals surface area contributed by atoms with E-state index in [1.165, 1.54) is 18.4 Å². The van der Waals surface area contributed by atoms with Crippen LogP contribution in [-0.2, 0) is 10.2 Å². The van der Waals surface area contributed by atoms with Gasteiger partial charge in [0.2, 0.25) is 0 Å². The van der Waals surface area contributed by atoms with Crippen LogP contribution in [0.3, 0.4) is 0 Å². The van der Waals surface area contributed by atoms with Gasteiger partial charge in [0.1, 0.15) is 5.75 Å². The van der Waals surface area contributed by atoms with Gasteiger partial charge in [-0.15, -0.1) is 0 Å². The Morgan fingerprint density at radius 3 is 2.45 bits per heavy atom. The van der Waals surface area contributed by atoms with Crippen molar-refractivity contribution < 1.29 is 9.47 Å². The first-order valence-electron chi connectivity index (χ1n) is 7.59. The third kappa shape index (κ3) is 4.22. The van der Waals surface area contributed by atoms with Crippen molar-refractivity contribution in [3.8, 4) is 5.75 Å². The Morgan fingerprint density at radius 1 is 1.20 bits per heavy atom.